The van der Waals surface area contributed by atoms with Gasteiger partial charge in [-0.15, -0.1) is 11.6 Å². The first-order valence-corrected chi connectivity index (χ1v) is 5.63. The highest BCUT2D eigenvalue weighted by molar-refractivity contribution is 6.43. The van der Waals surface area contributed by atoms with Crippen LogP contribution in [0.2, 0.25) is 10.0 Å². The van der Waals surface area contributed by atoms with Gasteiger partial charge in [0.2, 0.25) is 0 Å². The number of rotatable bonds is 3. The predicted octanol–water partition coefficient (Wildman–Crippen LogP) is 5.03. The SMILES string of the molecule is C/C(=C/CCCl)c1cccc(Cl)c1Cl. The predicted molar refractivity (Wildman–Crippen MR) is 65.5 cm³/mol. The quantitative estimate of drug-likeness (QED) is 0.660. The van der Waals surface area contributed by atoms with Crippen molar-refractivity contribution in [1.29, 1.82) is 0 Å². The van der Waals surface area contributed by atoms with Crippen molar-refractivity contribution in [3.63, 3.8) is 0 Å². The molecule has 0 fully saturated rings. The van der Waals surface area contributed by atoms with Crippen LogP contribution in [0, 0.1) is 0 Å². The molecule has 76 valence electrons. The van der Waals surface area contributed by atoms with Crippen molar-refractivity contribution in [1.82, 2.24) is 0 Å². The van der Waals surface area contributed by atoms with E-state index in [-0.39, 0.29) is 0 Å². The van der Waals surface area contributed by atoms with Gasteiger partial charge in [-0.1, -0.05) is 41.4 Å². The van der Waals surface area contributed by atoms with Crippen molar-refractivity contribution in [3.8, 4) is 0 Å². The fourth-order valence-electron chi connectivity index (χ4n) is 1.19. The Kier molecular flexibility index (Phi) is 4.80. The van der Waals surface area contributed by atoms with Crippen LogP contribution in [0.4, 0.5) is 0 Å². The maximum atomic E-state index is 6.06. The Morgan fingerprint density at radius 1 is 1.36 bits per heavy atom. The van der Waals surface area contributed by atoms with E-state index >= 15 is 0 Å². The molecule has 0 aromatic heterocycles. The third kappa shape index (κ3) is 2.91. The van der Waals surface area contributed by atoms with E-state index in [1.165, 1.54) is 0 Å². The van der Waals surface area contributed by atoms with Crippen LogP contribution in [0.5, 0.6) is 0 Å². The lowest BCUT2D eigenvalue weighted by molar-refractivity contribution is 1.23. The minimum Gasteiger partial charge on any atom is -0.126 e. The molecule has 0 radical (unpaired) electrons. The largest absolute Gasteiger partial charge is 0.126 e. The maximum absolute atomic E-state index is 6.06. The molecule has 1 aromatic carbocycles. The minimum absolute atomic E-state index is 0.586. The molecule has 0 bridgehead atoms. The number of benzene rings is 1. The van der Waals surface area contributed by atoms with Gasteiger partial charge in [-0.2, -0.15) is 0 Å². The Labute approximate surface area is 99.5 Å². The van der Waals surface area contributed by atoms with Crippen LogP contribution in [0.15, 0.2) is 24.3 Å². The van der Waals surface area contributed by atoms with Crippen molar-refractivity contribution in [3.05, 3.63) is 39.9 Å². The first-order chi connectivity index (χ1) is 6.66. The van der Waals surface area contributed by atoms with Crippen LogP contribution >= 0.6 is 34.8 Å². The highest BCUT2D eigenvalue weighted by atomic mass is 35.5. The van der Waals surface area contributed by atoms with Crippen molar-refractivity contribution in [2.75, 3.05) is 5.88 Å². The van der Waals surface area contributed by atoms with Crippen LogP contribution in [-0.4, -0.2) is 5.88 Å². The number of halogens is 3. The molecule has 0 aliphatic carbocycles. The molecule has 14 heavy (non-hydrogen) atoms. The van der Waals surface area contributed by atoms with Crippen molar-refractivity contribution < 1.29 is 0 Å². The highest BCUT2D eigenvalue weighted by Crippen LogP contribution is 2.30. The fourth-order valence-corrected chi connectivity index (χ4v) is 1.75. The average molecular weight is 250 g/mol. The van der Waals surface area contributed by atoms with Crippen LogP contribution in [0.25, 0.3) is 5.57 Å². The van der Waals surface area contributed by atoms with Crippen LogP contribution < -0.4 is 0 Å². The minimum atomic E-state index is 0.586. The highest BCUT2D eigenvalue weighted by Gasteiger charge is 2.04. The zero-order chi connectivity index (χ0) is 10.6. The van der Waals surface area contributed by atoms with E-state index in [1.54, 1.807) is 6.07 Å². The summed E-state index contributed by atoms with van der Waals surface area (Å²) in [6.45, 7) is 2.00. The van der Waals surface area contributed by atoms with Crippen molar-refractivity contribution >= 4 is 40.4 Å². The maximum Gasteiger partial charge on any atom is 0.0667 e. The van der Waals surface area contributed by atoms with Gasteiger partial charge >= 0.3 is 0 Å². The molecule has 0 saturated heterocycles. The van der Waals surface area contributed by atoms with E-state index in [0.717, 1.165) is 17.6 Å². The lowest BCUT2D eigenvalue weighted by atomic mass is 10.1. The van der Waals surface area contributed by atoms with Gasteiger partial charge in [0.05, 0.1) is 10.0 Å². The van der Waals surface area contributed by atoms with E-state index in [4.69, 9.17) is 34.8 Å². The number of alkyl halides is 1. The van der Waals surface area contributed by atoms with Crippen LogP contribution in [-0.2, 0) is 0 Å². The third-order valence-corrected chi connectivity index (χ3v) is 2.97. The monoisotopic (exact) mass is 248 g/mol. The van der Waals surface area contributed by atoms with E-state index in [2.05, 4.69) is 6.08 Å². The number of hydrogen-bond donors (Lipinski definition) is 0. The Morgan fingerprint density at radius 3 is 2.71 bits per heavy atom. The van der Waals surface area contributed by atoms with Crippen LogP contribution in [0.1, 0.15) is 18.9 Å². The summed E-state index contributed by atoms with van der Waals surface area (Å²) < 4.78 is 0. The molecular formula is C11H11Cl3. The topological polar surface area (TPSA) is 0 Å². The van der Waals surface area contributed by atoms with E-state index in [1.807, 2.05) is 19.1 Å². The first-order valence-electron chi connectivity index (χ1n) is 4.34. The molecule has 1 aromatic rings. The molecule has 0 aliphatic heterocycles. The molecule has 0 N–H and O–H groups in total. The third-order valence-electron chi connectivity index (χ3n) is 1.94. The fraction of sp³-hybridized carbons (Fsp3) is 0.273. The molecule has 0 unspecified atom stereocenters. The van der Waals surface area contributed by atoms with Gasteiger partial charge < -0.3 is 0 Å². The summed E-state index contributed by atoms with van der Waals surface area (Å²) in [6, 6.07) is 5.62. The summed E-state index contributed by atoms with van der Waals surface area (Å²) in [6.07, 6.45) is 2.90. The van der Waals surface area contributed by atoms with Gasteiger partial charge in [-0.25, -0.2) is 0 Å². The molecule has 0 aliphatic rings. The Morgan fingerprint density at radius 2 is 2.07 bits per heavy atom. The Balaban J connectivity index is 3.01. The van der Waals surface area contributed by atoms with Gasteiger partial charge in [-0.05, 0) is 30.5 Å². The zero-order valence-corrected chi connectivity index (χ0v) is 10.1. The molecule has 0 atom stereocenters. The molecule has 0 amide bonds. The summed E-state index contributed by atoms with van der Waals surface area (Å²) >= 11 is 17.6. The molecule has 0 nitrogen and oxygen atoms in total. The first kappa shape index (κ1) is 11.9. The molecular weight excluding hydrogens is 238 g/mol. The number of allylic oxidation sites excluding steroid dienone is 2. The normalized spacial score (nSPS) is 11.9. The van der Waals surface area contributed by atoms with E-state index < -0.39 is 0 Å². The second-order valence-corrected chi connectivity index (χ2v) is 4.13. The molecule has 0 spiro atoms. The van der Waals surface area contributed by atoms with Gasteiger partial charge in [0, 0.05) is 5.88 Å². The molecule has 0 heterocycles. The van der Waals surface area contributed by atoms with Gasteiger partial charge in [0.1, 0.15) is 0 Å². The van der Waals surface area contributed by atoms with Crippen molar-refractivity contribution in [2.24, 2.45) is 0 Å². The summed E-state index contributed by atoms with van der Waals surface area (Å²) in [5.41, 5.74) is 2.09. The van der Waals surface area contributed by atoms with Gasteiger partial charge in [0.25, 0.3) is 0 Å². The van der Waals surface area contributed by atoms with E-state index in [9.17, 15) is 0 Å². The smallest absolute Gasteiger partial charge is 0.0667 e. The summed E-state index contributed by atoms with van der Waals surface area (Å²) in [4.78, 5) is 0. The second-order valence-electron chi connectivity index (χ2n) is 2.97. The van der Waals surface area contributed by atoms with Gasteiger partial charge in [0.15, 0.2) is 0 Å². The Bertz CT molecular complexity index is 342. The van der Waals surface area contributed by atoms with Crippen molar-refractivity contribution in [2.45, 2.75) is 13.3 Å². The van der Waals surface area contributed by atoms with Crippen LogP contribution in [0.3, 0.4) is 0 Å². The number of hydrogen-bond acceptors (Lipinski definition) is 0. The molecule has 0 saturated carbocycles. The lowest BCUT2D eigenvalue weighted by Crippen LogP contribution is -1.83. The summed E-state index contributed by atoms with van der Waals surface area (Å²) in [5.74, 6) is 0.621. The molecule has 1 rings (SSSR count). The Hall–Kier alpha value is -0.170. The second kappa shape index (κ2) is 5.65. The standard InChI is InChI=1S/C11H11Cl3/c1-8(4-3-7-12)9-5-2-6-10(13)11(9)14/h2,4-6H,3,7H2,1H3/b8-4-. The molecule has 3 heteroatoms. The lowest BCUT2D eigenvalue weighted by Gasteiger charge is -2.05. The summed E-state index contributed by atoms with van der Waals surface area (Å²) in [5, 5.41) is 1.19. The van der Waals surface area contributed by atoms with E-state index in [0.29, 0.717) is 15.9 Å². The summed E-state index contributed by atoms with van der Waals surface area (Å²) in [7, 11) is 0. The average Bonchev–Trinajstić information content (AvgIpc) is 2.18. The zero-order valence-electron chi connectivity index (χ0n) is 7.86. The van der Waals surface area contributed by atoms with Gasteiger partial charge in [-0.3, -0.25) is 0 Å².